The molecule has 8 heteroatoms. The number of nitrogens with one attached hydrogen (secondary N) is 1. The van der Waals surface area contributed by atoms with Crippen LogP contribution in [0.3, 0.4) is 0 Å². The van der Waals surface area contributed by atoms with Crippen LogP contribution in [0.4, 0.5) is 13.2 Å². The maximum Gasteiger partial charge on any atom is 0.173 e. The van der Waals surface area contributed by atoms with Crippen LogP contribution >= 0.6 is 0 Å². The Morgan fingerprint density at radius 3 is 2.50 bits per heavy atom. The monoisotopic (exact) mass is 285 g/mol. The number of rotatable bonds is 5. The number of aromatic nitrogens is 4. The second-order valence-corrected chi connectivity index (χ2v) is 4.34. The van der Waals surface area contributed by atoms with E-state index in [1.54, 1.807) is 6.92 Å². The van der Waals surface area contributed by atoms with Gasteiger partial charge in [-0.05, 0) is 30.3 Å². The molecule has 0 radical (unpaired) electrons. The fourth-order valence-corrected chi connectivity index (χ4v) is 1.81. The molecule has 1 heterocycles. The smallest absolute Gasteiger partial charge is 0.173 e. The van der Waals surface area contributed by atoms with Gasteiger partial charge in [-0.1, -0.05) is 6.92 Å². The highest BCUT2D eigenvalue weighted by molar-refractivity contribution is 5.35. The lowest BCUT2D eigenvalue weighted by atomic mass is 10.2. The highest BCUT2D eigenvalue weighted by Crippen LogP contribution is 2.21. The first-order valence-electron chi connectivity index (χ1n) is 6.21. The summed E-state index contributed by atoms with van der Waals surface area (Å²) in [5, 5.41) is 13.9. The van der Waals surface area contributed by atoms with Gasteiger partial charge in [0.15, 0.2) is 17.5 Å². The van der Waals surface area contributed by atoms with E-state index in [9.17, 15) is 13.2 Å². The quantitative estimate of drug-likeness (QED) is 0.914. The highest BCUT2D eigenvalue weighted by atomic mass is 19.1. The van der Waals surface area contributed by atoms with Crippen molar-refractivity contribution in [3.8, 4) is 5.69 Å². The normalized spacial score (nSPS) is 12.7. The fourth-order valence-electron chi connectivity index (χ4n) is 1.81. The highest BCUT2D eigenvalue weighted by Gasteiger charge is 2.21. The van der Waals surface area contributed by atoms with Crippen molar-refractivity contribution < 1.29 is 13.2 Å². The second-order valence-electron chi connectivity index (χ2n) is 4.34. The molecule has 0 bridgehead atoms. The summed E-state index contributed by atoms with van der Waals surface area (Å²) in [4.78, 5) is 0. The molecule has 0 spiro atoms. The minimum Gasteiger partial charge on any atom is -0.307 e. The van der Waals surface area contributed by atoms with Gasteiger partial charge in [0.1, 0.15) is 11.5 Å². The first-order chi connectivity index (χ1) is 9.54. The van der Waals surface area contributed by atoms with E-state index in [1.807, 2.05) is 6.92 Å². The Labute approximate surface area is 113 Å². The molecule has 108 valence electrons. The number of tetrazole rings is 1. The molecule has 5 nitrogen and oxygen atoms in total. The topological polar surface area (TPSA) is 55.6 Å². The van der Waals surface area contributed by atoms with E-state index in [-0.39, 0.29) is 11.9 Å². The van der Waals surface area contributed by atoms with Crippen molar-refractivity contribution in [1.29, 1.82) is 0 Å². The molecule has 0 saturated carbocycles. The van der Waals surface area contributed by atoms with Gasteiger partial charge in [-0.3, -0.25) is 0 Å². The lowest BCUT2D eigenvalue weighted by molar-refractivity contribution is 0.500. The summed E-state index contributed by atoms with van der Waals surface area (Å²) in [6, 6.07) is 0.885. The summed E-state index contributed by atoms with van der Waals surface area (Å²) in [5.41, 5.74) is -0.489. The molecule has 1 aromatic heterocycles. The molecule has 2 rings (SSSR count). The second kappa shape index (κ2) is 6.00. The summed E-state index contributed by atoms with van der Waals surface area (Å²) < 4.78 is 41.4. The maximum atomic E-state index is 13.8. The van der Waals surface area contributed by atoms with Crippen molar-refractivity contribution in [2.24, 2.45) is 0 Å². The number of hydrogen-bond donors (Lipinski definition) is 1. The van der Waals surface area contributed by atoms with Gasteiger partial charge in [0, 0.05) is 12.1 Å². The third-order valence-corrected chi connectivity index (χ3v) is 2.77. The average molecular weight is 285 g/mol. The van der Waals surface area contributed by atoms with Crippen LogP contribution in [0.1, 0.15) is 32.1 Å². The Morgan fingerprint density at radius 2 is 1.90 bits per heavy atom. The first kappa shape index (κ1) is 14.4. The van der Waals surface area contributed by atoms with Crippen molar-refractivity contribution >= 4 is 0 Å². The lowest BCUT2D eigenvalue weighted by Gasteiger charge is -2.13. The summed E-state index contributed by atoms with van der Waals surface area (Å²) in [6.07, 6.45) is 0.894. The number of halogens is 3. The average Bonchev–Trinajstić information content (AvgIpc) is 2.83. The van der Waals surface area contributed by atoms with Crippen molar-refractivity contribution in [3.63, 3.8) is 0 Å². The molecule has 0 aliphatic carbocycles. The zero-order chi connectivity index (χ0) is 14.7. The molecule has 1 atom stereocenters. The van der Waals surface area contributed by atoms with E-state index in [0.29, 0.717) is 18.7 Å². The summed E-state index contributed by atoms with van der Waals surface area (Å²) in [5.74, 6) is -2.85. The molecule has 0 amide bonds. The zero-order valence-electron chi connectivity index (χ0n) is 11.1. The van der Waals surface area contributed by atoms with Gasteiger partial charge in [0.05, 0.1) is 6.04 Å². The number of benzene rings is 1. The molecule has 1 unspecified atom stereocenters. The first-order valence-corrected chi connectivity index (χ1v) is 6.21. The van der Waals surface area contributed by atoms with Crippen LogP contribution in [0.15, 0.2) is 12.1 Å². The molecule has 2 aromatic rings. The van der Waals surface area contributed by atoms with Crippen LogP contribution < -0.4 is 5.32 Å². The molecule has 1 aromatic carbocycles. The van der Waals surface area contributed by atoms with E-state index in [2.05, 4.69) is 20.8 Å². The van der Waals surface area contributed by atoms with Crippen molar-refractivity contribution in [2.45, 2.75) is 26.3 Å². The van der Waals surface area contributed by atoms with Crippen molar-refractivity contribution in [3.05, 3.63) is 35.4 Å². The van der Waals surface area contributed by atoms with Crippen molar-refractivity contribution in [2.75, 3.05) is 6.54 Å². The van der Waals surface area contributed by atoms with Crippen LogP contribution in [0.5, 0.6) is 0 Å². The largest absolute Gasteiger partial charge is 0.307 e. The van der Waals surface area contributed by atoms with E-state index < -0.39 is 23.1 Å². The van der Waals surface area contributed by atoms with Gasteiger partial charge in [0.2, 0.25) is 0 Å². The number of hydrogen-bond acceptors (Lipinski definition) is 4. The third kappa shape index (κ3) is 2.79. The van der Waals surface area contributed by atoms with Crippen LogP contribution in [0, 0.1) is 17.5 Å². The molecule has 0 saturated heterocycles. The molecular formula is C12H14F3N5. The number of nitrogens with zero attached hydrogens (tertiary/aromatic N) is 4. The lowest BCUT2D eigenvalue weighted by Crippen LogP contribution is -2.23. The minimum absolute atomic E-state index is 0.253. The van der Waals surface area contributed by atoms with Crippen LogP contribution in [0.25, 0.3) is 5.69 Å². The summed E-state index contributed by atoms with van der Waals surface area (Å²) in [7, 11) is 0. The van der Waals surface area contributed by atoms with Gasteiger partial charge in [-0.2, -0.15) is 4.68 Å². The fraction of sp³-hybridized carbons (Fsp3) is 0.417. The van der Waals surface area contributed by atoms with Gasteiger partial charge < -0.3 is 5.32 Å². The van der Waals surface area contributed by atoms with Gasteiger partial charge in [0.25, 0.3) is 0 Å². The van der Waals surface area contributed by atoms with E-state index >= 15 is 0 Å². The van der Waals surface area contributed by atoms with Gasteiger partial charge in [-0.15, -0.1) is 5.10 Å². The van der Waals surface area contributed by atoms with E-state index in [4.69, 9.17) is 0 Å². The SMILES string of the molecule is CCCNC(C)c1nnnn1-c1c(F)cc(F)cc1F. The third-order valence-electron chi connectivity index (χ3n) is 2.77. The summed E-state index contributed by atoms with van der Waals surface area (Å²) >= 11 is 0. The minimum atomic E-state index is -1.06. The summed E-state index contributed by atoms with van der Waals surface area (Å²) in [6.45, 7) is 4.47. The van der Waals surface area contributed by atoms with Crippen LogP contribution in [0.2, 0.25) is 0 Å². The molecule has 0 aliphatic heterocycles. The Kier molecular flexibility index (Phi) is 4.33. The van der Waals surface area contributed by atoms with Gasteiger partial charge >= 0.3 is 0 Å². The van der Waals surface area contributed by atoms with E-state index in [0.717, 1.165) is 11.1 Å². The molecule has 1 N–H and O–H groups in total. The molecular weight excluding hydrogens is 271 g/mol. The zero-order valence-corrected chi connectivity index (χ0v) is 11.1. The van der Waals surface area contributed by atoms with Crippen molar-refractivity contribution in [1.82, 2.24) is 25.5 Å². The molecule has 20 heavy (non-hydrogen) atoms. The maximum absolute atomic E-state index is 13.8. The van der Waals surface area contributed by atoms with Crippen LogP contribution in [-0.4, -0.2) is 26.8 Å². The Balaban J connectivity index is 2.42. The predicted octanol–water partition coefficient (Wildman–Crippen LogP) is 2.14. The molecule has 0 fully saturated rings. The Morgan fingerprint density at radius 1 is 1.25 bits per heavy atom. The Hall–Kier alpha value is -1.96. The predicted molar refractivity (Wildman–Crippen MR) is 65.7 cm³/mol. The standard InChI is InChI=1S/C12H14F3N5/c1-3-4-16-7(2)12-17-18-19-20(12)11-9(14)5-8(13)6-10(11)15/h5-7,16H,3-4H2,1-2H3. The van der Waals surface area contributed by atoms with Crippen LogP contribution in [-0.2, 0) is 0 Å². The molecule has 0 aliphatic rings. The van der Waals surface area contributed by atoms with Gasteiger partial charge in [-0.25, -0.2) is 13.2 Å². The van der Waals surface area contributed by atoms with E-state index in [1.165, 1.54) is 0 Å². The Bertz CT molecular complexity index is 576.